The summed E-state index contributed by atoms with van der Waals surface area (Å²) >= 11 is 0. The summed E-state index contributed by atoms with van der Waals surface area (Å²) in [7, 11) is 0. The van der Waals surface area contributed by atoms with Gasteiger partial charge in [-0.1, -0.05) is 36.4 Å². The summed E-state index contributed by atoms with van der Waals surface area (Å²) in [4.78, 5) is 11.6. The predicted molar refractivity (Wildman–Crippen MR) is 72.2 cm³/mol. The SMILES string of the molecule is O=C(Cc1ccccc1)N/N=C\c1c(F)cccc1F. The minimum absolute atomic E-state index is 0.151. The van der Waals surface area contributed by atoms with Gasteiger partial charge in [0.1, 0.15) is 11.6 Å². The maximum Gasteiger partial charge on any atom is 0.244 e. The highest BCUT2D eigenvalue weighted by molar-refractivity contribution is 5.83. The highest BCUT2D eigenvalue weighted by Crippen LogP contribution is 2.08. The molecule has 2 aromatic carbocycles. The maximum atomic E-state index is 13.3. The number of hydrazone groups is 1. The van der Waals surface area contributed by atoms with Gasteiger partial charge in [0.15, 0.2) is 0 Å². The van der Waals surface area contributed by atoms with Crippen molar-refractivity contribution < 1.29 is 13.6 Å². The molecule has 3 nitrogen and oxygen atoms in total. The first-order chi connectivity index (χ1) is 9.66. The smallest absolute Gasteiger partial charge is 0.244 e. The van der Waals surface area contributed by atoms with Crippen LogP contribution in [0.1, 0.15) is 11.1 Å². The molecule has 0 saturated carbocycles. The lowest BCUT2D eigenvalue weighted by molar-refractivity contribution is -0.120. The number of hydrogen-bond acceptors (Lipinski definition) is 2. The second-order valence-corrected chi connectivity index (χ2v) is 4.09. The Morgan fingerprint density at radius 3 is 2.35 bits per heavy atom. The van der Waals surface area contributed by atoms with Gasteiger partial charge < -0.3 is 0 Å². The Bertz CT molecular complexity index is 607. The van der Waals surface area contributed by atoms with Crippen molar-refractivity contribution in [2.45, 2.75) is 6.42 Å². The van der Waals surface area contributed by atoms with Gasteiger partial charge in [-0.3, -0.25) is 4.79 Å². The molecule has 0 unspecified atom stereocenters. The summed E-state index contributed by atoms with van der Waals surface area (Å²) in [5.41, 5.74) is 2.78. The Morgan fingerprint density at radius 1 is 1.05 bits per heavy atom. The quantitative estimate of drug-likeness (QED) is 0.676. The monoisotopic (exact) mass is 274 g/mol. The lowest BCUT2D eigenvalue weighted by Crippen LogP contribution is -2.19. The van der Waals surface area contributed by atoms with Crippen LogP contribution in [0, 0.1) is 11.6 Å². The van der Waals surface area contributed by atoms with E-state index in [1.54, 1.807) is 12.1 Å². The average molecular weight is 274 g/mol. The van der Waals surface area contributed by atoms with Gasteiger partial charge in [0.25, 0.3) is 0 Å². The summed E-state index contributed by atoms with van der Waals surface area (Å²) in [5, 5.41) is 3.55. The molecule has 1 amide bonds. The Hall–Kier alpha value is -2.56. The van der Waals surface area contributed by atoms with Crippen molar-refractivity contribution in [1.29, 1.82) is 0 Å². The summed E-state index contributed by atoms with van der Waals surface area (Å²) in [6, 6.07) is 12.6. The van der Waals surface area contributed by atoms with Crippen LogP contribution in [0.4, 0.5) is 8.78 Å². The van der Waals surface area contributed by atoms with Crippen molar-refractivity contribution in [2.75, 3.05) is 0 Å². The number of rotatable bonds is 4. The van der Waals surface area contributed by atoms with Crippen LogP contribution >= 0.6 is 0 Å². The number of carbonyl (C=O) groups excluding carboxylic acids is 1. The molecule has 0 atom stereocenters. The summed E-state index contributed by atoms with van der Waals surface area (Å²) in [6.07, 6.45) is 1.10. The minimum atomic E-state index is -0.731. The fraction of sp³-hybridized carbons (Fsp3) is 0.0667. The van der Waals surface area contributed by atoms with Crippen molar-refractivity contribution in [3.63, 3.8) is 0 Å². The molecule has 2 rings (SSSR count). The molecule has 0 heterocycles. The van der Waals surface area contributed by atoms with Crippen molar-refractivity contribution in [1.82, 2.24) is 5.43 Å². The standard InChI is InChI=1S/C15H12F2N2O/c16-13-7-4-8-14(17)12(13)10-18-19-15(20)9-11-5-2-1-3-6-11/h1-8,10H,9H2,(H,19,20)/b18-10-. The fourth-order valence-corrected chi connectivity index (χ4v) is 1.62. The molecule has 0 saturated heterocycles. The third-order valence-electron chi connectivity index (χ3n) is 2.59. The zero-order valence-electron chi connectivity index (χ0n) is 10.5. The van der Waals surface area contributed by atoms with Crippen LogP contribution in [0.25, 0.3) is 0 Å². The van der Waals surface area contributed by atoms with Crippen LogP contribution < -0.4 is 5.43 Å². The number of amides is 1. The molecule has 20 heavy (non-hydrogen) atoms. The zero-order chi connectivity index (χ0) is 14.4. The van der Waals surface area contributed by atoms with Gasteiger partial charge in [0, 0.05) is 0 Å². The molecule has 0 radical (unpaired) electrons. The second kappa shape index (κ2) is 6.56. The van der Waals surface area contributed by atoms with E-state index in [9.17, 15) is 13.6 Å². The Labute approximate surface area is 114 Å². The second-order valence-electron chi connectivity index (χ2n) is 4.09. The first kappa shape index (κ1) is 13.9. The van der Waals surface area contributed by atoms with Crippen LogP contribution in [-0.2, 0) is 11.2 Å². The topological polar surface area (TPSA) is 41.5 Å². The van der Waals surface area contributed by atoms with E-state index in [-0.39, 0.29) is 17.9 Å². The van der Waals surface area contributed by atoms with E-state index in [1.165, 1.54) is 6.07 Å². The highest BCUT2D eigenvalue weighted by atomic mass is 19.1. The number of hydrogen-bond donors (Lipinski definition) is 1. The Kier molecular flexibility index (Phi) is 4.55. The largest absolute Gasteiger partial charge is 0.273 e. The molecule has 0 aliphatic heterocycles. The third kappa shape index (κ3) is 3.71. The molecular formula is C15H12F2N2O. The number of nitrogens with one attached hydrogen (secondary N) is 1. The van der Waals surface area contributed by atoms with Crippen LogP contribution in [-0.4, -0.2) is 12.1 Å². The highest BCUT2D eigenvalue weighted by Gasteiger charge is 2.05. The molecule has 5 heteroatoms. The van der Waals surface area contributed by atoms with Gasteiger partial charge in [-0.25, -0.2) is 14.2 Å². The van der Waals surface area contributed by atoms with E-state index in [0.717, 1.165) is 23.9 Å². The van der Waals surface area contributed by atoms with E-state index in [0.29, 0.717) is 0 Å². The lowest BCUT2D eigenvalue weighted by Gasteiger charge is -2.01. The van der Waals surface area contributed by atoms with Crippen LogP contribution in [0.5, 0.6) is 0 Å². The van der Waals surface area contributed by atoms with Gasteiger partial charge in [0.2, 0.25) is 5.91 Å². The third-order valence-corrected chi connectivity index (χ3v) is 2.59. The molecule has 0 aromatic heterocycles. The fourth-order valence-electron chi connectivity index (χ4n) is 1.62. The Balaban J connectivity index is 1.95. The van der Waals surface area contributed by atoms with Crippen molar-refractivity contribution in [3.8, 4) is 0 Å². The molecule has 0 spiro atoms. The maximum absolute atomic E-state index is 13.3. The van der Waals surface area contributed by atoms with Crippen molar-refractivity contribution >= 4 is 12.1 Å². The molecule has 0 fully saturated rings. The van der Waals surface area contributed by atoms with Crippen LogP contribution in [0.15, 0.2) is 53.6 Å². The van der Waals surface area contributed by atoms with Crippen LogP contribution in [0.2, 0.25) is 0 Å². The summed E-state index contributed by atoms with van der Waals surface area (Å²) in [6.45, 7) is 0. The lowest BCUT2D eigenvalue weighted by atomic mass is 10.1. The van der Waals surface area contributed by atoms with Crippen molar-refractivity contribution in [3.05, 3.63) is 71.3 Å². The molecule has 1 N–H and O–H groups in total. The number of halogens is 2. The van der Waals surface area contributed by atoms with E-state index >= 15 is 0 Å². The van der Waals surface area contributed by atoms with Crippen LogP contribution in [0.3, 0.4) is 0 Å². The zero-order valence-corrected chi connectivity index (χ0v) is 10.5. The van der Waals surface area contributed by atoms with Gasteiger partial charge in [-0.2, -0.15) is 5.10 Å². The average Bonchev–Trinajstić information content (AvgIpc) is 2.43. The molecule has 0 aliphatic rings. The first-order valence-corrected chi connectivity index (χ1v) is 5.96. The Morgan fingerprint density at radius 2 is 1.70 bits per heavy atom. The van der Waals surface area contributed by atoms with Gasteiger partial charge in [-0.15, -0.1) is 0 Å². The normalized spacial score (nSPS) is 10.7. The van der Waals surface area contributed by atoms with E-state index < -0.39 is 11.6 Å². The first-order valence-electron chi connectivity index (χ1n) is 5.96. The predicted octanol–water partition coefficient (Wildman–Crippen LogP) is 2.66. The molecule has 0 aliphatic carbocycles. The summed E-state index contributed by atoms with van der Waals surface area (Å²) < 4.78 is 26.6. The number of nitrogens with zero attached hydrogens (tertiary/aromatic N) is 1. The van der Waals surface area contributed by atoms with E-state index in [4.69, 9.17) is 0 Å². The van der Waals surface area contributed by atoms with Gasteiger partial charge >= 0.3 is 0 Å². The molecule has 102 valence electrons. The molecular weight excluding hydrogens is 262 g/mol. The van der Waals surface area contributed by atoms with Crippen molar-refractivity contribution in [2.24, 2.45) is 5.10 Å². The molecule has 0 bridgehead atoms. The number of carbonyl (C=O) groups is 1. The van der Waals surface area contributed by atoms with E-state index in [1.807, 2.05) is 18.2 Å². The minimum Gasteiger partial charge on any atom is -0.273 e. The van der Waals surface area contributed by atoms with Gasteiger partial charge in [-0.05, 0) is 17.7 Å². The number of benzene rings is 2. The molecule has 2 aromatic rings. The van der Waals surface area contributed by atoms with E-state index in [2.05, 4.69) is 10.5 Å². The van der Waals surface area contributed by atoms with Gasteiger partial charge in [0.05, 0.1) is 18.2 Å². The summed E-state index contributed by atoms with van der Waals surface area (Å²) in [5.74, 6) is -1.82.